The van der Waals surface area contributed by atoms with Gasteiger partial charge in [-0.25, -0.2) is 0 Å². The molecule has 1 aliphatic heterocycles. The van der Waals surface area contributed by atoms with Crippen LogP contribution in [-0.2, 0) is 4.74 Å². The van der Waals surface area contributed by atoms with Crippen LogP contribution in [0.5, 0.6) is 5.75 Å². The minimum absolute atomic E-state index is 0.163. The van der Waals surface area contributed by atoms with Gasteiger partial charge in [0, 0.05) is 30.2 Å². The molecular formula is C21H20ClNO4. The zero-order valence-electron chi connectivity index (χ0n) is 14.8. The van der Waals surface area contributed by atoms with Gasteiger partial charge in [0.25, 0.3) is 0 Å². The molecule has 0 unspecified atom stereocenters. The molecule has 0 radical (unpaired) electrons. The SMILES string of the molecule is O=c1c(OCCN2CCOCC2)c(-c2ccc(Cl)cc2)oc2ccccc12. The maximum Gasteiger partial charge on any atom is 0.235 e. The number of rotatable bonds is 5. The second-order valence-electron chi connectivity index (χ2n) is 6.39. The van der Waals surface area contributed by atoms with Crippen LogP contribution < -0.4 is 10.2 Å². The molecule has 1 aromatic heterocycles. The molecule has 0 bridgehead atoms. The van der Waals surface area contributed by atoms with Crippen molar-refractivity contribution < 1.29 is 13.9 Å². The number of ether oxygens (including phenoxy) is 2. The largest absolute Gasteiger partial charge is 0.485 e. The Morgan fingerprint density at radius 2 is 1.78 bits per heavy atom. The molecule has 140 valence electrons. The Morgan fingerprint density at radius 1 is 1.04 bits per heavy atom. The summed E-state index contributed by atoms with van der Waals surface area (Å²) in [7, 11) is 0. The number of morpholine rings is 1. The molecule has 2 aromatic carbocycles. The van der Waals surface area contributed by atoms with Crippen LogP contribution in [0, 0.1) is 0 Å². The molecule has 0 spiro atoms. The first-order valence-electron chi connectivity index (χ1n) is 8.97. The minimum Gasteiger partial charge on any atom is -0.485 e. The molecule has 1 saturated heterocycles. The fourth-order valence-electron chi connectivity index (χ4n) is 3.15. The minimum atomic E-state index is -0.163. The molecule has 3 aromatic rings. The summed E-state index contributed by atoms with van der Waals surface area (Å²) in [6.07, 6.45) is 0. The highest BCUT2D eigenvalue weighted by Crippen LogP contribution is 2.31. The number of nitrogens with zero attached hydrogens (tertiary/aromatic N) is 1. The second kappa shape index (κ2) is 8.13. The summed E-state index contributed by atoms with van der Waals surface area (Å²) in [5.74, 6) is 0.668. The lowest BCUT2D eigenvalue weighted by atomic mass is 10.1. The van der Waals surface area contributed by atoms with Crippen LogP contribution in [0.2, 0.25) is 5.02 Å². The van der Waals surface area contributed by atoms with Gasteiger partial charge in [-0.1, -0.05) is 23.7 Å². The third kappa shape index (κ3) is 4.00. The van der Waals surface area contributed by atoms with Crippen molar-refractivity contribution in [3.8, 4) is 17.1 Å². The van der Waals surface area contributed by atoms with E-state index in [1.165, 1.54) is 0 Å². The van der Waals surface area contributed by atoms with Crippen molar-refractivity contribution in [1.82, 2.24) is 4.90 Å². The molecule has 6 heteroatoms. The van der Waals surface area contributed by atoms with Gasteiger partial charge in [-0.05, 0) is 36.4 Å². The fourth-order valence-corrected chi connectivity index (χ4v) is 3.27. The van der Waals surface area contributed by atoms with E-state index in [-0.39, 0.29) is 11.2 Å². The first-order chi connectivity index (χ1) is 13.2. The van der Waals surface area contributed by atoms with Gasteiger partial charge in [0.15, 0.2) is 5.76 Å². The molecule has 0 N–H and O–H groups in total. The maximum atomic E-state index is 13.0. The van der Waals surface area contributed by atoms with Crippen molar-refractivity contribution in [2.24, 2.45) is 0 Å². The van der Waals surface area contributed by atoms with Gasteiger partial charge in [0.05, 0.1) is 18.6 Å². The van der Waals surface area contributed by atoms with E-state index in [0.717, 1.165) is 38.4 Å². The summed E-state index contributed by atoms with van der Waals surface area (Å²) in [6.45, 7) is 4.35. The number of benzene rings is 2. The molecule has 5 nitrogen and oxygen atoms in total. The van der Waals surface area contributed by atoms with E-state index < -0.39 is 0 Å². The van der Waals surface area contributed by atoms with Gasteiger partial charge < -0.3 is 13.9 Å². The van der Waals surface area contributed by atoms with Crippen LogP contribution in [0.15, 0.2) is 57.7 Å². The lowest BCUT2D eigenvalue weighted by Crippen LogP contribution is -2.38. The van der Waals surface area contributed by atoms with E-state index in [1.807, 2.05) is 24.3 Å². The van der Waals surface area contributed by atoms with Crippen molar-refractivity contribution in [2.75, 3.05) is 39.5 Å². The average molecular weight is 386 g/mol. The maximum absolute atomic E-state index is 13.0. The van der Waals surface area contributed by atoms with E-state index in [2.05, 4.69) is 4.90 Å². The lowest BCUT2D eigenvalue weighted by Gasteiger charge is -2.26. The summed E-state index contributed by atoms with van der Waals surface area (Å²) >= 11 is 6.00. The third-order valence-corrected chi connectivity index (χ3v) is 4.87. The number of para-hydroxylation sites is 1. The van der Waals surface area contributed by atoms with Crippen molar-refractivity contribution >= 4 is 22.6 Å². The first kappa shape index (κ1) is 18.0. The van der Waals surface area contributed by atoms with Gasteiger partial charge in [-0.2, -0.15) is 0 Å². The highest BCUT2D eigenvalue weighted by Gasteiger charge is 2.18. The highest BCUT2D eigenvalue weighted by molar-refractivity contribution is 6.30. The molecule has 27 heavy (non-hydrogen) atoms. The Morgan fingerprint density at radius 3 is 2.56 bits per heavy atom. The molecule has 1 aliphatic rings. The summed E-state index contributed by atoms with van der Waals surface area (Å²) in [5.41, 5.74) is 1.13. The molecule has 0 atom stereocenters. The molecule has 4 rings (SSSR count). The predicted octanol–water partition coefficient (Wildman–Crippen LogP) is 3.82. The van der Waals surface area contributed by atoms with Crippen molar-refractivity contribution in [1.29, 1.82) is 0 Å². The van der Waals surface area contributed by atoms with Gasteiger partial charge in [-0.3, -0.25) is 9.69 Å². The van der Waals surface area contributed by atoms with Gasteiger partial charge in [-0.15, -0.1) is 0 Å². The normalized spacial score (nSPS) is 15.1. The van der Waals surface area contributed by atoms with Crippen LogP contribution in [0.25, 0.3) is 22.3 Å². The van der Waals surface area contributed by atoms with Crippen LogP contribution in [-0.4, -0.2) is 44.4 Å². The number of hydrogen-bond donors (Lipinski definition) is 0. The second-order valence-corrected chi connectivity index (χ2v) is 6.83. The van der Waals surface area contributed by atoms with Crippen molar-refractivity contribution in [2.45, 2.75) is 0 Å². The number of hydrogen-bond acceptors (Lipinski definition) is 5. The topological polar surface area (TPSA) is 51.9 Å². The Balaban J connectivity index is 1.67. The molecule has 1 fully saturated rings. The Labute approximate surface area is 162 Å². The smallest absolute Gasteiger partial charge is 0.235 e. The van der Waals surface area contributed by atoms with Gasteiger partial charge >= 0.3 is 0 Å². The molecular weight excluding hydrogens is 366 g/mol. The van der Waals surface area contributed by atoms with Crippen LogP contribution in [0.1, 0.15) is 0 Å². The standard InChI is InChI=1S/C21H20ClNO4/c22-16-7-5-15(6-8-16)20-21(26-14-11-23-9-12-25-13-10-23)19(24)17-3-1-2-4-18(17)27-20/h1-8H,9-14H2. The van der Waals surface area contributed by atoms with E-state index in [0.29, 0.717) is 28.4 Å². The summed E-state index contributed by atoms with van der Waals surface area (Å²) in [4.78, 5) is 15.3. The summed E-state index contributed by atoms with van der Waals surface area (Å²) in [6, 6.07) is 14.4. The fraction of sp³-hybridized carbons (Fsp3) is 0.286. The Kier molecular flexibility index (Phi) is 5.43. The lowest BCUT2D eigenvalue weighted by molar-refractivity contribution is 0.0321. The summed E-state index contributed by atoms with van der Waals surface area (Å²) < 4.78 is 17.3. The van der Waals surface area contributed by atoms with E-state index in [1.54, 1.807) is 24.3 Å². The van der Waals surface area contributed by atoms with Crippen LogP contribution >= 0.6 is 11.6 Å². The third-order valence-electron chi connectivity index (χ3n) is 4.62. The Bertz CT molecular complexity index is 978. The van der Waals surface area contributed by atoms with Crippen LogP contribution in [0.3, 0.4) is 0 Å². The van der Waals surface area contributed by atoms with E-state index in [9.17, 15) is 4.79 Å². The van der Waals surface area contributed by atoms with Crippen LogP contribution in [0.4, 0.5) is 0 Å². The molecule has 0 saturated carbocycles. The average Bonchev–Trinajstić information content (AvgIpc) is 2.71. The highest BCUT2D eigenvalue weighted by atomic mass is 35.5. The zero-order valence-corrected chi connectivity index (χ0v) is 15.6. The summed E-state index contributed by atoms with van der Waals surface area (Å²) in [5, 5.41) is 1.13. The zero-order chi connectivity index (χ0) is 18.6. The first-order valence-corrected chi connectivity index (χ1v) is 9.35. The quantitative estimate of drug-likeness (QED) is 0.668. The number of fused-ring (bicyclic) bond motifs is 1. The molecule has 2 heterocycles. The van der Waals surface area contributed by atoms with Gasteiger partial charge in [0.2, 0.25) is 11.2 Å². The van der Waals surface area contributed by atoms with Crippen molar-refractivity contribution in [3.05, 3.63) is 63.8 Å². The monoisotopic (exact) mass is 385 g/mol. The Hall–Kier alpha value is -2.34. The van der Waals surface area contributed by atoms with E-state index in [4.69, 9.17) is 25.5 Å². The molecule has 0 amide bonds. The van der Waals surface area contributed by atoms with Gasteiger partial charge in [0.1, 0.15) is 12.2 Å². The predicted molar refractivity (Wildman–Crippen MR) is 106 cm³/mol. The van der Waals surface area contributed by atoms with Crippen molar-refractivity contribution in [3.63, 3.8) is 0 Å². The number of halogens is 1. The van der Waals surface area contributed by atoms with E-state index >= 15 is 0 Å². The molecule has 0 aliphatic carbocycles.